The highest BCUT2D eigenvalue weighted by Crippen LogP contribution is 2.29. The predicted octanol–water partition coefficient (Wildman–Crippen LogP) is 3.56. The van der Waals surface area contributed by atoms with Crippen molar-refractivity contribution in [1.29, 1.82) is 0 Å². The van der Waals surface area contributed by atoms with Gasteiger partial charge in [0.2, 0.25) is 0 Å². The van der Waals surface area contributed by atoms with Gasteiger partial charge < -0.3 is 9.47 Å². The molecule has 4 heteroatoms. The fraction of sp³-hybridized carbons (Fsp3) is 0.286. The van der Waals surface area contributed by atoms with E-state index in [0.29, 0.717) is 24.5 Å². The van der Waals surface area contributed by atoms with Crippen molar-refractivity contribution in [2.24, 2.45) is 0 Å². The largest absolute Gasteiger partial charge is 0.493 e. The van der Waals surface area contributed by atoms with Gasteiger partial charge in [0.25, 0.3) is 0 Å². The lowest BCUT2D eigenvalue weighted by atomic mass is 9.99. The van der Waals surface area contributed by atoms with E-state index >= 15 is 0 Å². The maximum atomic E-state index is 12.3. The third kappa shape index (κ3) is 4.28. The fourth-order valence-electron chi connectivity index (χ4n) is 3.07. The molecule has 130 valence electrons. The number of benzene rings is 2. The monoisotopic (exact) mass is 337 g/mol. The second kappa shape index (κ2) is 7.99. The number of hydrogen-bond acceptors (Lipinski definition) is 4. The summed E-state index contributed by atoms with van der Waals surface area (Å²) in [6.07, 6.45) is 2.52. The van der Waals surface area contributed by atoms with E-state index in [1.165, 1.54) is 5.56 Å². The van der Waals surface area contributed by atoms with Crippen LogP contribution in [0.5, 0.6) is 11.5 Å². The molecule has 0 bridgehead atoms. The van der Waals surface area contributed by atoms with Crippen LogP contribution < -0.4 is 9.47 Å². The van der Waals surface area contributed by atoms with Crippen LogP contribution >= 0.6 is 0 Å². The third-order valence-corrected chi connectivity index (χ3v) is 4.40. The van der Waals surface area contributed by atoms with Crippen molar-refractivity contribution in [3.8, 4) is 11.5 Å². The second-order valence-electron chi connectivity index (χ2n) is 6.15. The second-order valence-corrected chi connectivity index (χ2v) is 6.15. The smallest absolute Gasteiger partial charge is 0.161 e. The molecule has 0 unspecified atom stereocenters. The molecule has 1 saturated heterocycles. The van der Waals surface area contributed by atoms with Crippen molar-refractivity contribution in [2.75, 3.05) is 27.3 Å². The Morgan fingerprint density at radius 2 is 1.80 bits per heavy atom. The van der Waals surface area contributed by atoms with Crippen molar-refractivity contribution in [2.45, 2.75) is 13.0 Å². The van der Waals surface area contributed by atoms with Crippen LogP contribution in [0.1, 0.15) is 17.5 Å². The highest BCUT2D eigenvalue weighted by Gasteiger charge is 2.21. The molecule has 1 fully saturated rings. The number of Topliss-reactive ketones (excluding diaryl/α,β-unsaturated/α-hetero) is 1. The molecule has 0 atom stereocenters. The summed E-state index contributed by atoms with van der Waals surface area (Å²) in [7, 11) is 3.23. The molecule has 2 aromatic rings. The van der Waals surface area contributed by atoms with Crippen molar-refractivity contribution < 1.29 is 14.3 Å². The summed E-state index contributed by atoms with van der Waals surface area (Å²) >= 11 is 0. The van der Waals surface area contributed by atoms with Gasteiger partial charge in [-0.15, -0.1) is 0 Å². The lowest BCUT2D eigenvalue weighted by molar-refractivity contribution is -0.117. The maximum Gasteiger partial charge on any atom is 0.161 e. The summed E-state index contributed by atoms with van der Waals surface area (Å²) in [4.78, 5) is 14.6. The van der Waals surface area contributed by atoms with Gasteiger partial charge in [0.15, 0.2) is 17.3 Å². The van der Waals surface area contributed by atoms with Crippen LogP contribution in [0.25, 0.3) is 6.08 Å². The van der Waals surface area contributed by atoms with Gasteiger partial charge in [0.05, 0.1) is 14.2 Å². The molecule has 3 rings (SSSR count). The zero-order valence-corrected chi connectivity index (χ0v) is 14.7. The Labute approximate surface area is 148 Å². The van der Waals surface area contributed by atoms with Crippen molar-refractivity contribution in [3.05, 3.63) is 65.2 Å². The Morgan fingerprint density at radius 3 is 2.52 bits per heavy atom. The molecular weight excluding hydrogens is 314 g/mol. The first kappa shape index (κ1) is 17.2. The Bertz CT molecular complexity index is 768. The number of carbonyl (C=O) groups is 1. The summed E-state index contributed by atoms with van der Waals surface area (Å²) < 4.78 is 10.6. The molecule has 2 aromatic carbocycles. The van der Waals surface area contributed by atoms with E-state index in [2.05, 4.69) is 17.0 Å². The SMILES string of the molecule is COc1ccc(/C=C2\CN(Cc3ccccc3)CCC2=O)cc1OC. The van der Waals surface area contributed by atoms with E-state index in [-0.39, 0.29) is 5.78 Å². The highest BCUT2D eigenvalue weighted by atomic mass is 16.5. The van der Waals surface area contributed by atoms with Gasteiger partial charge in [-0.05, 0) is 29.3 Å². The topological polar surface area (TPSA) is 38.8 Å². The summed E-state index contributed by atoms with van der Waals surface area (Å²) in [5.41, 5.74) is 3.05. The van der Waals surface area contributed by atoms with Gasteiger partial charge >= 0.3 is 0 Å². The van der Waals surface area contributed by atoms with Crippen LogP contribution in [-0.4, -0.2) is 38.0 Å². The van der Waals surface area contributed by atoms with E-state index in [4.69, 9.17) is 9.47 Å². The molecule has 1 heterocycles. The van der Waals surface area contributed by atoms with Gasteiger partial charge in [-0.3, -0.25) is 9.69 Å². The average Bonchev–Trinajstić information content (AvgIpc) is 2.65. The number of hydrogen-bond donors (Lipinski definition) is 0. The van der Waals surface area contributed by atoms with E-state index < -0.39 is 0 Å². The van der Waals surface area contributed by atoms with Crippen LogP contribution in [0.3, 0.4) is 0 Å². The number of ketones is 1. The molecule has 4 nitrogen and oxygen atoms in total. The molecule has 1 aliphatic rings. The molecule has 0 amide bonds. The van der Waals surface area contributed by atoms with E-state index in [0.717, 1.165) is 24.2 Å². The first-order valence-corrected chi connectivity index (χ1v) is 8.41. The fourth-order valence-corrected chi connectivity index (χ4v) is 3.07. The Balaban J connectivity index is 1.77. The Hall–Kier alpha value is -2.59. The van der Waals surface area contributed by atoms with Crippen LogP contribution in [0.4, 0.5) is 0 Å². The third-order valence-electron chi connectivity index (χ3n) is 4.40. The lowest BCUT2D eigenvalue weighted by Gasteiger charge is -2.28. The van der Waals surface area contributed by atoms with E-state index in [1.54, 1.807) is 14.2 Å². The van der Waals surface area contributed by atoms with Crippen LogP contribution in [-0.2, 0) is 11.3 Å². The minimum atomic E-state index is 0.221. The molecule has 0 saturated carbocycles. The minimum Gasteiger partial charge on any atom is -0.493 e. The molecular formula is C21H23NO3. The summed E-state index contributed by atoms with van der Waals surface area (Å²) in [5, 5.41) is 0. The van der Waals surface area contributed by atoms with Gasteiger partial charge in [0, 0.05) is 31.6 Å². The van der Waals surface area contributed by atoms with Gasteiger partial charge in [-0.25, -0.2) is 0 Å². The number of carbonyl (C=O) groups excluding carboxylic acids is 1. The first-order valence-electron chi connectivity index (χ1n) is 8.41. The van der Waals surface area contributed by atoms with Crippen molar-refractivity contribution >= 4 is 11.9 Å². The van der Waals surface area contributed by atoms with Gasteiger partial charge in [-0.2, -0.15) is 0 Å². The lowest BCUT2D eigenvalue weighted by Crippen LogP contribution is -2.35. The Morgan fingerprint density at radius 1 is 1.04 bits per heavy atom. The van der Waals surface area contributed by atoms with Crippen molar-refractivity contribution in [3.63, 3.8) is 0 Å². The molecule has 0 aromatic heterocycles. The minimum absolute atomic E-state index is 0.221. The molecule has 0 spiro atoms. The average molecular weight is 337 g/mol. The predicted molar refractivity (Wildman–Crippen MR) is 98.9 cm³/mol. The molecule has 1 aliphatic heterocycles. The van der Waals surface area contributed by atoms with E-state index in [1.807, 2.05) is 42.5 Å². The number of likely N-dealkylation sites (tertiary alicyclic amines) is 1. The quantitative estimate of drug-likeness (QED) is 0.782. The maximum absolute atomic E-state index is 12.3. The number of rotatable bonds is 5. The van der Waals surface area contributed by atoms with Crippen LogP contribution in [0, 0.1) is 0 Å². The molecule has 25 heavy (non-hydrogen) atoms. The summed E-state index contributed by atoms with van der Waals surface area (Å²) in [6.45, 7) is 2.33. The molecule has 0 radical (unpaired) electrons. The normalized spacial score (nSPS) is 16.9. The highest BCUT2D eigenvalue weighted by molar-refractivity contribution is 6.00. The number of piperidine rings is 1. The summed E-state index contributed by atoms with van der Waals surface area (Å²) in [5.74, 6) is 1.57. The molecule has 0 aliphatic carbocycles. The van der Waals surface area contributed by atoms with E-state index in [9.17, 15) is 4.79 Å². The summed E-state index contributed by atoms with van der Waals surface area (Å²) in [6, 6.07) is 16.1. The van der Waals surface area contributed by atoms with Gasteiger partial charge in [-0.1, -0.05) is 36.4 Å². The number of nitrogens with zero attached hydrogens (tertiary/aromatic N) is 1. The van der Waals surface area contributed by atoms with Gasteiger partial charge in [0.1, 0.15) is 0 Å². The van der Waals surface area contributed by atoms with Crippen LogP contribution in [0.2, 0.25) is 0 Å². The number of ether oxygens (including phenoxy) is 2. The Kier molecular flexibility index (Phi) is 5.51. The standard InChI is InChI=1S/C21H23NO3/c1-24-20-9-8-17(13-21(20)25-2)12-18-15-22(11-10-19(18)23)14-16-6-4-3-5-7-16/h3-9,12-13H,10-11,14-15H2,1-2H3/b18-12+. The van der Waals surface area contributed by atoms with Crippen LogP contribution in [0.15, 0.2) is 54.1 Å². The van der Waals surface area contributed by atoms with Crippen molar-refractivity contribution in [1.82, 2.24) is 4.90 Å². The number of methoxy groups -OCH3 is 2. The first-order chi connectivity index (χ1) is 12.2. The zero-order valence-electron chi connectivity index (χ0n) is 14.7. The zero-order chi connectivity index (χ0) is 17.6. The molecule has 0 N–H and O–H groups in total.